The second-order valence-corrected chi connectivity index (χ2v) is 4.06. The molecule has 0 saturated carbocycles. The van der Waals surface area contributed by atoms with E-state index in [-0.39, 0.29) is 5.91 Å². The molecule has 0 aromatic carbocycles. The molecular formula is C9H18BrNO. The predicted octanol–water partition coefficient (Wildman–Crippen LogP) is 2.32. The van der Waals surface area contributed by atoms with E-state index in [2.05, 4.69) is 42.0 Å². The summed E-state index contributed by atoms with van der Waals surface area (Å²) in [6.45, 7) is 6.35. The van der Waals surface area contributed by atoms with Crippen LogP contribution in [0.15, 0.2) is 0 Å². The molecule has 1 unspecified atom stereocenters. The van der Waals surface area contributed by atoms with Gasteiger partial charge in [-0.05, 0) is 12.3 Å². The molecule has 0 heterocycles. The zero-order chi connectivity index (χ0) is 9.56. The molecule has 0 aromatic rings. The Balaban J connectivity index is 3.77. The van der Waals surface area contributed by atoms with Crippen molar-refractivity contribution in [3.8, 4) is 0 Å². The largest absolute Gasteiger partial charge is 0.353 e. The summed E-state index contributed by atoms with van der Waals surface area (Å²) in [5, 5.41) is 3.74. The first-order valence-electron chi connectivity index (χ1n) is 4.47. The zero-order valence-electron chi connectivity index (χ0n) is 8.06. The lowest BCUT2D eigenvalue weighted by atomic mass is 10.0. The topological polar surface area (TPSA) is 29.1 Å². The number of rotatable bonds is 5. The molecule has 72 valence electrons. The van der Waals surface area contributed by atoms with Gasteiger partial charge in [0.2, 0.25) is 5.91 Å². The van der Waals surface area contributed by atoms with Crippen molar-refractivity contribution in [1.29, 1.82) is 0 Å². The van der Waals surface area contributed by atoms with E-state index in [1.165, 1.54) is 0 Å². The average Bonchev–Trinajstić information content (AvgIpc) is 2.00. The Hall–Kier alpha value is -0.0500. The van der Waals surface area contributed by atoms with Crippen LogP contribution in [0.5, 0.6) is 0 Å². The summed E-state index contributed by atoms with van der Waals surface area (Å²) in [5.41, 5.74) is 0. The lowest BCUT2D eigenvalue weighted by molar-refractivity contribution is -0.121. The Kier molecular flexibility index (Phi) is 6.44. The quantitative estimate of drug-likeness (QED) is 0.729. The van der Waals surface area contributed by atoms with Gasteiger partial charge in [-0.15, -0.1) is 0 Å². The number of nitrogens with one attached hydrogen (secondary N) is 1. The van der Waals surface area contributed by atoms with E-state index in [1.54, 1.807) is 0 Å². The number of alkyl halides is 1. The molecule has 0 aliphatic carbocycles. The summed E-state index contributed by atoms with van der Waals surface area (Å²) in [6, 6.07) is 0.330. The van der Waals surface area contributed by atoms with Crippen molar-refractivity contribution in [2.24, 2.45) is 5.92 Å². The summed E-state index contributed by atoms with van der Waals surface area (Å²) in [4.78, 5) is 11.2. The molecule has 0 rings (SSSR count). The first-order valence-corrected chi connectivity index (χ1v) is 5.59. The van der Waals surface area contributed by atoms with Gasteiger partial charge in [0.05, 0.1) is 0 Å². The van der Waals surface area contributed by atoms with E-state index in [1.807, 2.05) is 0 Å². The fourth-order valence-corrected chi connectivity index (χ4v) is 1.47. The molecule has 0 radical (unpaired) electrons. The number of carbonyl (C=O) groups is 1. The van der Waals surface area contributed by atoms with Crippen LogP contribution in [-0.2, 0) is 4.79 Å². The Morgan fingerprint density at radius 2 is 2.08 bits per heavy atom. The van der Waals surface area contributed by atoms with Gasteiger partial charge in [-0.25, -0.2) is 0 Å². The maximum Gasteiger partial charge on any atom is 0.221 e. The Morgan fingerprint density at radius 3 is 2.42 bits per heavy atom. The summed E-state index contributed by atoms with van der Waals surface area (Å²) in [5.74, 6) is 0.668. The molecule has 0 saturated heterocycles. The lowest BCUT2D eigenvalue weighted by Crippen LogP contribution is -2.38. The summed E-state index contributed by atoms with van der Waals surface area (Å²) >= 11 is 3.24. The third-order valence-corrected chi connectivity index (χ3v) is 2.31. The minimum atomic E-state index is 0.146. The number of halogens is 1. The highest BCUT2D eigenvalue weighted by molar-refractivity contribution is 9.09. The van der Waals surface area contributed by atoms with Gasteiger partial charge in [0, 0.05) is 17.8 Å². The highest BCUT2D eigenvalue weighted by atomic mass is 79.9. The monoisotopic (exact) mass is 235 g/mol. The Labute approximate surface area is 83.2 Å². The third kappa shape index (κ3) is 4.75. The standard InChI is InChI=1S/C9H18BrNO/c1-4-8(7(2)3)11-9(12)5-6-10/h7-8H,4-6H2,1-3H3,(H,11,12). The molecule has 12 heavy (non-hydrogen) atoms. The normalized spacial score (nSPS) is 13.1. The van der Waals surface area contributed by atoms with E-state index in [0.29, 0.717) is 18.4 Å². The molecule has 3 heteroatoms. The van der Waals surface area contributed by atoms with Crippen molar-refractivity contribution in [3.05, 3.63) is 0 Å². The smallest absolute Gasteiger partial charge is 0.221 e. The van der Waals surface area contributed by atoms with Crippen LogP contribution in [0.4, 0.5) is 0 Å². The van der Waals surface area contributed by atoms with Crippen LogP contribution in [0.25, 0.3) is 0 Å². The first kappa shape index (κ1) is 11.9. The maximum atomic E-state index is 11.2. The first-order chi connectivity index (χ1) is 5.61. The van der Waals surface area contributed by atoms with Crippen LogP contribution in [0.2, 0.25) is 0 Å². The van der Waals surface area contributed by atoms with Crippen LogP contribution in [-0.4, -0.2) is 17.3 Å². The second kappa shape index (κ2) is 6.46. The molecule has 0 spiro atoms. The molecule has 1 amide bonds. The summed E-state index contributed by atoms with van der Waals surface area (Å²) in [7, 11) is 0. The van der Waals surface area contributed by atoms with Gasteiger partial charge in [-0.3, -0.25) is 4.79 Å². The summed E-state index contributed by atoms with van der Waals surface area (Å²) in [6.07, 6.45) is 1.58. The van der Waals surface area contributed by atoms with E-state index in [9.17, 15) is 4.79 Å². The number of hydrogen-bond acceptors (Lipinski definition) is 1. The fraction of sp³-hybridized carbons (Fsp3) is 0.889. The number of hydrogen-bond donors (Lipinski definition) is 1. The van der Waals surface area contributed by atoms with Gasteiger partial charge in [-0.2, -0.15) is 0 Å². The third-order valence-electron chi connectivity index (χ3n) is 1.91. The molecule has 0 aliphatic heterocycles. The number of amides is 1. The van der Waals surface area contributed by atoms with Crippen LogP contribution >= 0.6 is 15.9 Å². The Morgan fingerprint density at radius 1 is 1.50 bits per heavy atom. The number of carbonyl (C=O) groups excluding carboxylic acids is 1. The van der Waals surface area contributed by atoms with E-state index < -0.39 is 0 Å². The van der Waals surface area contributed by atoms with E-state index >= 15 is 0 Å². The van der Waals surface area contributed by atoms with Crippen LogP contribution in [0.3, 0.4) is 0 Å². The van der Waals surface area contributed by atoms with E-state index in [4.69, 9.17) is 0 Å². The highest BCUT2D eigenvalue weighted by Gasteiger charge is 2.12. The van der Waals surface area contributed by atoms with Crippen molar-refractivity contribution in [3.63, 3.8) is 0 Å². The molecule has 0 fully saturated rings. The molecule has 2 nitrogen and oxygen atoms in total. The van der Waals surface area contributed by atoms with E-state index in [0.717, 1.165) is 11.8 Å². The van der Waals surface area contributed by atoms with Crippen LogP contribution < -0.4 is 5.32 Å². The summed E-state index contributed by atoms with van der Waals surface area (Å²) < 4.78 is 0. The average molecular weight is 236 g/mol. The molecule has 1 N–H and O–H groups in total. The molecule has 1 atom stereocenters. The zero-order valence-corrected chi connectivity index (χ0v) is 9.65. The van der Waals surface area contributed by atoms with Gasteiger partial charge in [0.1, 0.15) is 0 Å². The molecule has 0 aromatic heterocycles. The van der Waals surface area contributed by atoms with Gasteiger partial charge < -0.3 is 5.32 Å². The second-order valence-electron chi connectivity index (χ2n) is 3.27. The molecule has 0 bridgehead atoms. The SMILES string of the molecule is CCC(NC(=O)CCBr)C(C)C. The van der Waals surface area contributed by atoms with Crippen LogP contribution in [0, 0.1) is 5.92 Å². The van der Waals surface area contributed by atoms with Crippen molar-refractivity contribution in [2.45, 2.75) is 39.7 Å². The molecular weight excluding hydrogens is 218 g/mol. The van der Waals surface area contributed by atoms with Crippen molar-refractivity contribution in [1.82, 2.24) is 5.32 Å². The minimum absolute atomic E-state index is 0.146. The highest BCUT2D eigenvalue weighted by Crippen LogP contribution is 2.05. The lowest BCUT2D eigenvalue weighted by Gasteiger charge is -2.20. The fourth-order valence-electron chi connectivity index (χ4n) is 1.10. The van der Waals surface area contributed by atoms with Gasteiger partial charge >= 0.3 is 0 Å². The predicted molar refractivity (Wildman–Crippen MR) is 55.5 cm³/mol. The molecule has 0 aliphatic rings. The van der Waals surface area contributed by atoms with Gasteiger partial charge in [0.15, 0.2) is 0 Å². The minimum Gasteiger partial charge on any atom is -0.353 e. The van der Waals surface area contributed by atoms with Gasteiger partial charge in [-0.1, -0.05) is 36.7 Å². The van der Waals surface area contributed by atoms with Crippen molar-refractivity contribution < 1.29 is 4.79 Å². The van der Waals surface area contributed by atoms with Gasteiger partial charge in [0.25, 0.3) is 0 Å². The maximum absolute atomic E-state index is 11.2. The van der Waals surface area contributed by atoms with Crippen molar-refractivity contribution >= 4 is 21.8 Å². The van der Waals surface area contributed by atoms with Crippen molar-refractivity contribution in [2.75, 3.05) is 5.33 Å². The Bertz CT molecular complexity index is 136. The van der Waals surface area contributed by atoms with Crippen LogP contribution in [0.1, 0.15) is 33.6 Å².